The quantitative estimate of drug-likeness (QED) is 0.562. The number of hydrogen-bond acceptors (Lipinski definition) is 6. The van der Waals surface area contributed by atoms with Crippen molar-refractivity contribution in [2.75, 3.05) is 25.7 Å². The number of hydrogen-bond donors (Lipinski definition) is 2. The van der Waals surface area contributed by atoms with Gasteiger partial charge in [0.2, 0.25) is 5.91 Å². The Hall–Kier alpha value is -3.00. The molecular formula is C24H28N2O5S. The third-order valence-electron chi connectivity index (χ3n) is 5.48. The maximum atomic E-state index is 12.6. The van der Waals surface area contributed by atoms with Crippen LogP contribution < -0.4 is 10.6 Å². The van der Waals surface area contributed by atoms with Crippen molar-refractivity contribution in [3.8, 4) is 11.1 Å². The number of carbonyl (C=O) groups excluding carboxylic acids is 3. The summed E-state index contributed by atoms with van der Waals surface area (Å²) in [7, 11) is 1.26. The number of methoxy groups -OCH3 is 1. The van der Waals surface area contributed by atoms with Gasteiger partial charge in [0.1, 0.15) is 18.7 Å². The lowest BCUT2D eigenvalue weighted by Gasteiger charge is -2.21. The molecule has 0 aliphatic heterocycles. The Balaban J connectivity index is 1.64. The van der Waals surface area contributed by atoms with Gasteiger partial charge in [-0.05, 0) is 47.6 Å². The highest BCUT2D eigenvalue weighted by molar-refractivity contribution is 7.98. The molecule has 2 unspecified atom stereocenters. The minimum absolute atomic E-state index is 0.0639. The summed E-state index contributed by atoms with van der Waals surface area (Å²) in [6.07, 6.45) is 1.66. The van der Waals surface area contributed by atoms with Crippen LogP contribution in [0.3, 0.4) is 0 Å². The van der Waals surface area contributed by atoms with Gasteiger partial charge in [0, 0.05) is 5.92 Å². The van der Waals surface area contributed by atoms with Crippen LogP contribution in [0.5, 0.6) is 0 Å². The van der Waals surface area contributed by atoms with Crippen LogP contribution in [0, 0.1) is 0 Å². The lowest BCUT2D eigenvalue weighted by Crippen LogP contribution is -2.51. The summed E-state index contributed by atoms with van der Waals surface area (Å²) >= 11 is 1.56. The highest BCUT2D eigenvalue weighted by Crippen LogP contribution is 2.44. The molecule has 2 aromatic rings. The smallest absolute Gasteiger partial charge is 0.407 e. The lowest BCUT2D eigenvalue weighted by molar-refractivity contribution is -0.144. The van der Waals surface area contributed by atoms with E-state index in [-0.39, 0.29) is 12.5 Å². The topological polar surface area (TPSA) is 93.7 Å². The van der Waals surface area contributed by atoms with Gasteiger partial charge in [-0.15, -0.1) is 0 Å². The van der Waals surface area contributed by atoms with Crippen LogP contribution >= 0.6 is 11.8 Å². The van der Waals surface area contributed by atoms with Crippen LogP contribution in [0.1, 0.15) is 30.4 Å². The Kier molecular flexibility index (Phi) is 8.16. The molecule has 3 rings (SSSR count). The Bertz CT molecular complexity index is 935. The molecule has 170 valence electrons. The number of amides is 2. The average Bonchev–Trinajstić information content (AvgIpc) is 3.13. The zero-order chi connectivity index (χ0) is 23.1. The summed E-state index contributed by atoms with van der Waals surface area (Å²) in [6.45, 7) is 1.69. The zero-order valence-corrected chi connectivity index (χ0v) is 19.2. The fourth-order valence-electron chi connectivity index (χ4n) is 3.84. The average molecular weight is 457 g/mol. The number of esters is 1. The van der Waals surface area contributed by atoms with Gasteiger partial charge in [-0.25, -0.2) is 9.59 Å². The monoisotopic (exact) mass is 456 g/mol. The second kappa shape index (κ2) is 11.0. The van der Waals surface area contributed by atoms with Gasteiger partial charge in [0.15, 0.2) is 0 Å². The Morgan fingerprint density at radius 3 is 2.16 bits per heavy atom. The van der Waals surface area contributed by atoms with Crippen LogP contribution in [0.4, 0.5) is 4.79 Å². The van der Waals surface area contributed by atoms with E-state index in [4.69, 9.17) is 4.74 Å². The van der Waals surface area contributed by atoms with E-state index in [0.29, 0.717) is 12.2 Å². The van der Waals surface area contributed by atoms with Gasteiger partial charge in [-0.1, -0.05) is 48.5 Å². The number of fused-ring (bicyclic) bond motifs is 3. The molecule has 2 amide bonds. The molecule has 32 heavy (non-hydrogen) atoms. The van der Waals surface area contributed by atoms with Crippen molar-refractivity contribution < 1.29 is 23.9 Å². The van der Waals surface area contributed by atoms with Crippen molar-refractivity contribution in [1.82, 2.24) is 10.6 Å². The highest BCUT2D eigenvalue weighted by Gasteiger charge is 2.30. The summed E-state index contributed by atoms with van der Waals surface area (Å²) in [4.78, 5) is 36.8. The lowest BCUT2D eigenvalue weighted by atomic mass is 9.98. The number of benzene rings is 2. The Morgan fingerprint density at radius 1 is 1.00 bits per heavy atom. The normalized spacial score (nSPS) is 14.0. The van der Waals surface area contributed by atoms with Crippen molar-refractivity contribution in [3.63, 3.8) is 0 Å². The van der Waals surface area contributed by atoms with Crippen molar-refractivity contribution >= 4 is 29.7 Å². The molecule has 2 N–H and O–H groups in total. The molecular weight excluding hydrogens is 428 g/mol. The van der Waals surface area contributed by atoms with Crippen LogP contribution in [0.25, 0.3) is 11.1 Å². The second-order valence-corrected chi connectivity index (χ2v) is 8.54. The second-order valence-electron chi connectivity index (χ2n) is 7.56. The van der Waals surface area contributed by atoms with E-state index in [1.807, 2.05) is 42.7 Å². The maximum absolute atomic E-state index is 12.6. The van der Waals surface area contributed by atoms with Crippen LogP contribution in [0.15, 0.2) is 48.5 Å². The van der Waals surface area contributed by atoms with Gasteiger partial charge in [0.05, 0.1) is 7.11 Å². The molecule has 0 saturated heterocycles. The molecule has 0 aromatic heterocycles. The van der Waals surface area contributed by atoms with Crippen molar-refractivity contribution in [1.29, 1.82) is 0 Å². The largest absolute Gasteiger partial charge is 0.467 e. The third-order valence-corrected chi connectivity index (χ3v) is 6.12. The Morgan fingerprint density at radius 2 is 1.59 bits per heavy atom. The number of thioether (sulfide) groups is 1. The maximum Gasteiger partial charge on any atom is 0.407 e. The first-order valence-corrected chi connectivity index (χ1v) is 11.8. The molecule has 0 saturated carbocycles. The first-order valence-electron chi connectivity index (χ1n) is 10.4. The van der Waals surface area contributed by atoms with E-state index in [1.54, 1.807) is 11.8 Å². The minimum atomic E-state index is -0.815. The molecule has 8 heteroatoms. The molecule has 2 aromatic carbocycles. The highest BCUT2D eigenvalue weighted by atomic mass is 32.2. The van der Waals surface area contributed by atoms with E-state index < -0.39 is 30.1 Å². The van der Waals surface area contributed by atoms with Gasteiger partial charge in [-0.3, -0.25) is 4.79 Å². The number of alkyl carbamates (subject to hydrolysis) is 1. The van der Waals surface area contributed by atoms with Crippen molar-refractivity contribution in [2.45, 2.75) is 31.3 Å². The molecule has 1 aliphatic rings. The zero-order valence-electron chi connectivity index (χ0n) is 18.4. The summed E-state index contributed by atoms with van der Waals surface area (Å²) in [5, 5.41) is 5.22. The molecule has 1 aliphatic carbocycles. The predicted molar refractivity (Wildman–Crippen MR) is 125 cm³/mol. The number of ether oxygens (including phenoxy) is 2. The van der Waals surface area contributed by atoms with Gasteiger partial charge in [0.25, 0.3) is 0 Å². The molecule has 0 bridgehead atoms. The van der Waals surface area contributed by atoms with Gasteiger partial charge >= 0.3 is 12.1 Å². The van der Waals surface area contributed by atoms with E-state index >= 15 is 0 Å². The van der Waals surface area contributed by atoms with E-state index in [0.717, 1.165) is 22.3 Å². The third kappa shape index (κ3) is 5.43. The van der Waals surface area contributed by atoms with Crippen molar-refractivity contribution in [2.24, 2.45) is 0 Å². The summed E-state index contributed by atoms with van der Waals surface area (Å²) in [5.41, 5.74) is 4.52. The fourth-order valence-corrected chi connectivity index (χ4v) is 4.31. The van der Waals surface area contributed by atoms with E-state index in [9.17, 15) is 14.4 Å². The summed E-state index contributed by atoms with van der Waals surface area (Å²) in [5.74, 6) is -0.409. The van der Waals surface area contributed by atoms with Gasteiger partial charge in [-0.2, -0.15) is 11.8 Å². The SMILES string of the molecule is COC(=O)C(C)NC(=O)C(CCSC)NC(=O)OCC1c2ccccc2-c2ccccc21. The van der Waals surface area contributed by atoms with Crippen LogP contribution in [-0.2, 0) is 19.1 Å². The summed E-state index contributed by atoms with van der Waals surface area (Å²) < 4.78 is 10.2. The molecule has 0 fully saturated rings. The standard InChI is InChI=1S/C24H28N2O5S/c1-15(23(28)30-2)25-22(27)21(12-13-32-3)26-24(29)31-14-20-18-10-6-4-8-16(18)17-9-5-7-11-19(17)20/h4-11,15,20-21H,12-14H2,1-3H3,(H,25,27)(H,26,29). The molecule has 0 heterocycles. The number of nitrogens with one attached hydrogen (secondary N) is 2. The summed E-state index contributed by atoms with van der Waals surface area (Å²) in [6, 6.07) is 14.5. The molecule has 0 radical (unpaired) electrons. The Labute approximate surface area is 192 Å². The van der Waals surface area contributed by atoms with Crippen LogP contribution in [0.2, 0.25) is 0 Å². The number of carbonyl (C=O) groups is 3. The first kappa shape index (κ1) is 23.7. The van der Waals surface area contributed by atoms with E-state index in [2.05, 4.69) is 27.5 Å². The first-order chi connectivity index (χ1) is 15.5. The fraction of sp³-hybridized carbons (Fsp3) is 0.375. The molecule has 7 nitrogen and oxygen atoms in total. The minimum Gasteiger partial charge on any atom is -0.467 e. The predicted octanol–water partition coefficient (Wildman–Crippen LogP) is 3.32. The van der Waals surface area contributed by atoms with Crippen LogP contribution in [-0.4, -0.2) is 55.8 Å². The van der Waals surface area contributed by atoms with Gasteiger partial charge < -0.3 is 20.1 Å². The molecule has 0 spiro atoms. The molecule has 2 atom stereocenters. The number of rotatable bonds is 9. The van der Waals surface area contributed by atoms with E-state index in [1.165, 1.54) is 14.0 Å². The van der Waals surface area contributed by atoms with Crippen molar-refractivity contribution in [3.05, 3.63) is 59.7 Å².